The fourth-order valence-electron chi connectivity index (χ4n) is 4.00. The molecule has 0 heterocycles. The highest BCUT2D eigenvalue weighted by atomic mass is 19.1. The smallest absolute Gasteiger partial charge is 0.132 e. The van der Waals surface area contributed by atoms with E-state index < -0.39 is 17.3 Å². The number of rotatable bonds is 11. The normalized spacial score (nSPS) is 10.5. The minimum Gasteiger partial charge on any atom is -0.545 e. The van der Waals surface area contributed by atoms with E-state index in [1.807, 2.05) is 24.3 Å². The first kappa shape index (κ1) is 26.0. The van der Waals surface area contributed by atoms with Crippen molar-refractivity contribution in [3.05, 3.63) is 100 Å². The number of hydrogen-bond acceptors (Lipinski definition) is 3. The molecule has 0 amide bonds. The second-order valence-electron chi connectivity index (χ2n) is 8.83. The number of aromatic carboxylic acids is 1. The van der Waals surface area contributed by atoms with Crippen LogP contribution >= 0.6 is 0 Å². The maximum absolute atomic E-state index is 13.9. The van der Waals surface area contributed by atoms with Gasteiger partial charge in [-0.2, -0.15) is 0 Å². The highest BCUT2D eigenvalue weighted by Crippen LogP contribution is 2.22. The lowest BCUT2D eigenvalue weighted by Crippen LogP contribution is -2.27. The van der Waals surface area contributed by atoms with Crippen LogP contribution in [0.4, 0.5) is 10.1 Å². The van der Waals surface area contributed by atoms with Crippen molar-refractivity contribution in [2.75, 3.05) is 11.4 Å². The summed E-state index contributed by atoms with van der Waals surface area (Å²) < 4.78 is 13.9. The zero-order valence-corrected chi connectivity index (χ0v) is 20.6. The minimum absolute atomic E-state index is 0.408. The molecule has 0 radical (unpaired) electrons. The number of benzene rings is 3. The van der Waals surface area contributed by atoms with Crippen molar-refractivity contribution in [3.63, 3.8) is 0 Å². The Kier molecular flexibility index (Phi) is 9.93. The molecule has 3 aromatic rings. The van der Waals surface area contributed by atoms with Crippen LogP contribution in [-0.4, -0.2) is 12.5 Å². The molecule has 0 N–H and O–H groups in total. The second kappa shape index (κ2) is 13.3. The number of carboxylic acid groups (broad SMARTS) is 1. The Labute approximate surface area is 208 Å². The van der Waals surface area contributed by atoms with E-state index in [0.29, 0.717) is 12.2 Å². The molecule has 182 valence electrons. The quantitative estimate of drug-likeness (QED) is 0.250. The highest BCUT2D eigenvalue weighted by Gasteiger charge is 2.12. The van der Waals surface area contributed by atoms with Gasteiger partial charge >= 0.3 is 0 Å². The molecule has 35 heavy (non-hydrogen) atoms. The van der Waals surface area contributed by atoms with Crippen molar-refractivity contribution >= 4 is 11.7 Å². The highest BCUT2D eigenvalue weighted by molar-refractivity contribution is 5.87. The van der Waals surface area contributed by atoms with Gasteiger partial charge in [0.15, 0.2) is 0 Å². The van der Waals surface area contributed by atoms with Crippen LogP contribution in [0.15, 0.2) is 66.7 Å². The van der Waals surface area contributed by atoms with Gasteiger partial charge in [0, 0.05) is 35.5 Å². The summed E-state index contributed by atoms with van der Waals surface area (Å²) in [5, 5.41) is 11.3. The predicted molar refractivity (Wildman–Crippen MR) is 139 cm³/mol. The molecule has 0 bridgehead atoms. The van der Waals surface area contributed by atoms with Crippen LogP contribution in [-0.2, 0) is 13.0 Å². The summed E-state index contributed by atoms with van der Waals surface area (Å²) in [6, 6.07) is 20.7. The van der Waals surface area contributed by atoms with Crippen molar-refractivity contribution < 1.29 is 14.3 Å². The molecule has 0 fully saturated rings. The fraction of sp³-hybridized carbons (Fsp3) is 0.323. The molecule has 0 saturated heterocycles. The van der Waals surface area contributed by atoms with Gasteiger partial charge in [-0.25, -0.2) is 4.39 Å². The molecule has 0 spiro atoms. The number of carboxylic acids is 1. The van der Waals surface area contributed by atoms with Gasteiger partial charge in [-0.15, -0.1) is 0 Å². The van der Waals surface area contributed by atoms with Gasteiger partial charge in [-0.3, -0.25) is 0 Å². The first-order chi connectivity index (χ1) is 17.0. The summed E-state index contributed by atoms with van der Waals surface area (Å²) in [6.45, 7) is 5.69. The third-order valence-corrected chi connectivity index (χ3v) is 5.99. The van der Waals surface area contributed by atoms with E-state index in [1.54, 1.807) is 6.07 Å². The number of carbonyl (C=O) groups is 1. The van der Waals surface area contributed by atoms with Gasteiger partial charge in [0.1, 0.15) is 5.82 Å². The predicted octanol–water partition coefficient (Wildman–Crippen LogP) is 6.13. The molecule has 3 nitrogen and oxygen atoms in total. The Hall–Kier alpha value is -3.58. The molecule has 3 rings (SSSR count). The van der Waals surface area contributed by atoms with Gasteiger partial charge in [-0.1, -0.05) is 75.6 Å². The van der Waals surface area contributed by atoms with Crippen LogP contribution in [0.1, 0.15) is 78.6 Å². The van der Waals surface area contributed by atoms with Crippen LogP contribution in [0, 0.1) is 17.7 Å². The molecule has 0 saturated carbocycles. The Morgan fingerprint density at radius 2 is 1.46 bits per heavy atom. The summed E-state index contributed by atoms with van der Waals surface area (Å²) in [5.41, 5.74) is 4.60. The van der Waals surface area contributed by atoms with E-state index in [9.17, 15) is 14.3 Å². The number of nitrogens with zero attached hydrogens (tertiary/aromatic N) is 1. The third kappa shape index (κ3) is 8.00. The van der Waals surface area contributed by atoms with Crippen molar-refractivity contribution in [2.24, 2.45) is 0 Å². The van der Waals surface area contributed by atoms with E-state index in [2.05, 4.69) is 54.9 Å². The lowest BCUT2D eigenvalue weighted by Gasteiger charge is -2.26. The number of carbonyl (C=O) groups excluding carboxylic acids is 1. The maximum atomic E-state index is 13.9. The Morgan fingerprint density at radius 1 is 0.829 bits per heavy atom. The van der Waals surface area contributed by atoms with Gasteiger partial charge in [0.25, 0.3) is 0 Å². The van der Waals surface area contributed by atoms with E-state index in [-0.39, 0.29) is 0 Å². The maximum Gasteiger partial charge on any atom is 0.132 e. The van der Waals surface area contributed by atoms with Crippen LogP contribution in [0.25, 0.3) is 0 Å². The van der Waals surface area contributed by atoms with Gasteiger partial charge in [-0.05, 0) is 66.4 Å². The molecule has 0 atom stereocenters. The van der Waals surface area contributed by atoms with Gasteiger partial charge in [0.05, 0.1) is 5.97 Å². The van der Waals surface area contributed by atoms with Crippen LogP contribution in [0.5, 0.6) is 0 Å². The van der Waals surface area contributed by atoms with E-state index in [1.165, 1.54) is 17.7 Å². The van der Waals surface area contributed by atoms with E-state index in [0.717, 1.165) is 61.8 Å². The number of unbranched alkanes of at least 4 members (excludes halogenated alkanes) is 3. The lowest BCUT2D eigenvalue weighted by molar-refractivity contribution is -0.255. The summed E-state index contributed by atoms with van der Waals surface area (Å²) in [7, 11) is 0. The van der Waals surface area contributed by atoms with Crippen molar-refractivity contribution in [1.82, 2.24) is 0 Å². The summed E-state index contributed by atoms with van der Waals surface area (Å²) >= 11 is 0. The minimum atomic E-state index is -1.50. The first-order valence-electron chi connectivity index (χ1n) is 12.5. The monoisotopic (exact) mass is 470 g/mol. The Bertz CT molecular complexity index is 1160. The summed E-state index contributed by atoms with van der Waals surface area (Å²) in [6.07, 6.45) is 6.57. The van der Waals surface area contributed by atoms with E-state index in [4.69, 9.17) is 0 Å². The average Bonchev–Trinajstić information content (AvgIpc) is 2.86. The zero-order chi connectivity index (χ0) is 25.0. The van der Waals surface area contributed by atoms with Crippen molar-refractivity contribution in [1.29, 1.82) is 0 Å². The SMILES string of the molecule is CCCCCCN(Cc1ccc(C#Cc2ccc(CCC)cc2)cc1)c1ccc(F)c(C(=O)[O-])c1. The molecule has 0 aliphatic rings. The second-order valence-corrected chi connectivity index (χ2v) is 8.83. The largest absolute Gasteiger partial charge is 0.545 e. The number of hydrogen-bond donors (Lipinski definition) is 0. The molecule has 3 aromatic carbocycles. The van der Waals surface area contributed by atoms with Crippen LogP contribution in [0.3, 0.4) is 0 Å². The van der Waals surface area contributed by atoms with Crippen molar-refractivity contribution in [2.45, 2.75) is 58.9 Å². The van der Waals surface area contributed by atoms with Crippen molar-refractivity contribution in [3.8, 4) is 11.8 Å². The molecular weight excluding hydrogens is 437 g/mol. The number of halogens is 1. The Morgan fingerprint density at radius 3 is 2.03 bits per heavy atom. The fourth-order valence-corrected chi connectivity index (χ4v) is 4.00. The topological polar surface area (TPSA) is 43.4 Å². The summed E-state index contributed by atoms with van der Waals surface area (Å²) in [4.78, 5) is 13.4. The first-order valence-corrected chi connectivity index (χ1v) is 12.5. The molecule has 0 aliphatic carbocycles. The molecule has 4 heteroatoms. The molecular formula is C31H33FNO2-. The molecule has 0 unspecified atom stereocenters. The third-order valence-electron chi connectivity index (χ3n) is 5.99. The standard InChI is InChI=1S/C31H34FNO2/c1-3-5-6-7-21-33(28-19-20-30(32)29(22-28)31(34)35)23-27-17-15-26(16-18-27)14-13-25-11-9-24(8-4-2)10-12-25/h9-12,15-20,22H,3-8,21,23H2,1-2H3,(H,34,35)/p-1. The van der Waals surface area contributed by atoms with Gasteiger partial charge in [0.2, 0.25) is 0 Å². The number of anilines is 1. The average molecular weight is 471 g/mol. The van der Waals surface area contributed by atoms with Gasteiger partial charge < -0.3 is 14.8 Å². The van der Waals surface area contributed by atoms with Crippen LogP contribution in [0.2, 0.25) is 0 Å². The molecule has 0 aromatic heterocycles. The number of aryl methyl sites for hydroxylation is 1. The zero-order valence-electron chi connectivity index (χ0n) is 20.6. The van der Waals surface area contributed by atoms with E-state index >= 15 is 0 Å². The van der Waals surface area contributed by atoms with Crippen LogP contribution < -0.4 is 10.0 Å². The molecule has 0 aliphatic heterocycles. The Balaban J connectivity index is 1.73. The lowest BCUT2D eigenvalue weighted by atomic mass is 10.1. The summed E-state index contributed by atoms with van der Waals surface area (Å²) in [5.74, 6) is 4.17.